The van der Waals surface area contributed by atoms with E-state index in [0.29, 0.717) is 38.5 Å². The lowest BCUT2D eigenvalue weighted by Gasteiger charge is -2.07. The van der Waals surface area contributed by atoms with Gasteiger partial charge in [0.1, 0.15) is 11.6 Å². The van der Waals surface area contributed by atoms with Gasteiger partial charge >= 0.3 is 0 Å². The Labute approximate surface area is 157 Å². The lowest BCUT2D eigenvalue weighted by molar-refractivity contribution is 0.102. The van der Waals surface area contributed by atoms with E-state index in [4.69, 9.17) is 0 Å². The molecule has 4 rings (SSSR count). The minimum atomic E-state index is -0.376. The van der Waals surface area contributed by atoms with Crippen LogP contribution in [0, 0.1) is 18.6 Å². The molecule has 1 amide bonds. The first-order valence-corrected chi connectivity index (χ1v) is 8.97. The number of pyridine rings is 1. The summed E-state index contributed by atoms with van der Waals surface area (Å²) in [6, 6.07) is 12.0. The van der Waals surface area contributed by atoms with Crippen molar-refractivity contribution in [3.63, 3.8) is 0 Å². The third-order valence-corrected chi connectivity index (χ3v) is 4.82. The Morgan fingerprint density at radius 2 is 1.85 bits per heavy atom. The average Bonchev–Trinajstić information content (AvgIpc) is 3.09. The van der Waals surface area contributed by atoms with Crippen LogP contribution in [-0.2, 0) is 0 Å². The molecule has 1 N–H and O–H groups in total. The average molecular weight is 381 g/mol. The standard InChI is InChI=1S/C20H13F2N3OS/c1-11-16(8-13-5-6-15(22)9-17(13)23-11)19(26)25-20-24-18(10-27-20)12-3-2-4-14(21)7-12/h2-10H,1H3,(H,24,25,26). The Morgan fingerprint density at radius 1 is 1.04 bits per heavy atom. The molecule has 4 aromatic rings. The van der Waals surface area contributed by atoms with Crippen molar-refractivity contribution in [3.8, 4) is 11.3 Å². The van der Waals surface area contributed by atoms with Gasteiger partial charge in [0.2, 0.25) is 0 Å². The Balaban J connectivity index is 1.60. The number of carbonyl (C=O) groups is 1. The molecule has 0 atom stereocenters. The number of carbonyl (C=O) groups excluding carboxylic acids is 1. The van der Waals surface area contributed by atoms with Gasteiger partial charge in [0, 0.05) is 22.4 Å². The Kier molecular flexibility index (Phi) is 4.37. The van der Waals surface area contributed by atoms with Crippen molar-refractivity contribution in [3.05, 3.63) is 76.8 Å². The van der Waals surface area contributed by atoms with Crippen LogP contribution in [0.25, 0.3) is 22.2 Å². The van der Waals surface area contributed by atoms with Crippen molar-refractivity contribution in [1.29, 1.82) is 0 Å². The molecule has 0 spiro atoms. The fourth-order valence-electron chi connectivity index (χ4n) is 2.74. The molecule has 2 heterocycles. The van der Waals surface area contributed by atoms with E-state index in [2.05, 4.69) is 15.3 Å². The van der Waals surface area contributed by atoms with Gasteiger partial charge in [-0.2, -0.15) is 0 Å². The van der Waals surface area contributed by atoms with Gasteiger partial charge in [-0.3, -0.25) is 15.1 Å². The highest BCUT2D eigenvalue weighted by molar-refractivity contribution is 7.14. The zero-order valence-electron chi connectivity index (χ0n) is 14.2. The van der Waals surface area contributed by atoms with Gasteiger partial charge in [-0.05, 0) is 37.3 Å². The Hall–Kier alpha value is -3.19. The van der Waals surface area contributed by atoms with E-state index < -0.39 is 0 Å². The molecule has 2 aromatic heterocycles. The van der Waals surface area contributed by atoms with E-state index in [0.717, 1.165) is 0 Å². The monoisotopic (exact) mass is 381 g/mol. The Bertz CT molecular complexity index is 1170. The third kappa shape index (κ3) is 3.54. The first kappa shape index (κ1) is 17.2. The molecule has 4 nitrogen and oxygen atoms in total. The van der Waals surface area contributed by atoms with E-state index in [-0.39, 0.29) is 17.5 Å². The molecule has 0 aliphatic rings. The number of nitrogens with zero attached hydrogens (tertiary/aromatic N) is 2. The first-order valence-electron chi connectivity index (χ1n) is 8.09. The van der Waals surface area contributed by atoms with Crippen LogP contribution in [0.3, 0.4) is 0 Å². The molecule has 27 heavy (non-hydrogen) atoms. The smallest absolute Gasteiger partial charge is 0.259 e. The minimum Gasteiger partial charge on any atom is -0.298 e. The molecule has 0 saturated carbocycles. The summed E-state index contributed by atoms with van der Waals surface area (Å²) >= 11 is 1.25. The number of rotatable bonds is 3. The molecule has 7 heteroatoms. The third-order valence-electron chi connectivity index (χ3n) is 4.06. The van der Waals surface area contributed by atoms with Crippen LogP contribution in [0.5, 0.6) is 0 Å². The number of fused-ring (bicyclic) bond motifs is 1. The topological polar surface area (TPSA) is 54.9 Å². The summed E-state index contributed by atoms with van der Waals surface area (Å²) in [6.07, 6.45) is 0. The molecule has 0 unspecified atom stereocenters. The van der Waals surface area contributed by atoms with E-state index in [1.807, 2.05) is 0 Å². The number of amides is 1. The number of halogens is 2. The number of hydrogen-bond acceptors (Lipinski definition) is 4. The van der Waals surface area contributed by atoms with Crippen molar-refractivity contribution in [1.82, 2.24) is 9.97 Å². The highest BCUT2D eigenvalue weighted by Gasteiger charge is 2.14. The van der Waals surface area contributed by atoms with Crippen molar-refractivity contribution < 1.29 is 13.6 Å². The maximum absolute atomic E-state index is 13.4. The number of anilines is 1. The number of thiazole rings is 1. The second-order valence-electron chi connectivity index (χ2n) is 5.96. The number of aryl methyl sites for hydroxylation is 1. The van der Waals surface area contributed by atoms with E-state index in [9.17, 15) is 13.6 Å². The number of hydrogen-bond donors (Lipinski definition) is 1. The molecule has 134 valence electrons. The summed E-state index contributed by atoms with van der Waals surface area (Å²) in [6.45, 7) is 1.69. The van der Waals surface area contributed by atoms with Gasteiger partial charge in [0.25, 0.3) is 5.91 Å². The largest absolute Gasteiger partial charge is 0.298 e. The Morgan fingerprint density at radius 3 is 2.67 bits per heavy atom. The summed E-state index contributed by atoms with van der Waals surface area (Å²) in [5.74, 6) is -1.08. The summed E-state index contributed by atoms with van der Waals surface area (Å²) < 4.78 is 26.7. The number of benzene rings is 2. The van der Waals surface area contributed by atoms with Crippen LogP contribution < -0.4 is 5.32 Å². The lowest BCUT2D eigenvalue weighted by Crippen LogP contribution is -2.14. The number of nitrogens with one attached hydrogen (secondary N) is 1. The van der Waals surface area contributed by atoms with Crippen LogP contribution >= 0.6 is 11.3 Å². The fraction of sp³-hybridized carbons (Fsp3) is 0.0500. The molecule has 0 radical (unpaired) electrons. The van der Waals surface area contributed by atoms with Crippen molar-refractivity contribution in [2.24, 2.45) is 0 Å². The number of aromatic nitrogens is 2. The predicted molar refractivity (Wildman–Crippen MR) is 102 cm³/mol. The van der Waals surface area contributed by atoms with E-state index in [1.165, 1.54) is 35.6 Å². The van der Waals surface area contributed by atoms with Gasteiger partial charge in [0.15, 0.2) is 5.13 Å². The van der Waals surface area contributed by atoms with Crippen LogP contribution in [0.1, 0.15) is 16.1 Å². The zero-order valence-corrected chi connectivity index (χ0v) is 15.0. The molecule has 0 aliphatic heterocycles. The normalized spacial score (nSPS) is 10.9. The molecular weight excluding hydrogens is 368 g/mol. The van der Waals surface area contributed by atoms with Crippen LogP contribution in [0.4, 0.5) is 13.9 Å². The second kappa shape index (κ2) is 6.85. The van der Waals surface area contributed by atoms with Gasteiger partial charge in [-0.15, -0.1) is 11.3 Å². The summed E-state index contributed by atoms with van der Waals surface area (Å²) in [5.41, 5.74) is 2.59. The second-order valence-corrected chi connectivity index (χ2v) is 6.82. The molecule has 0 saturated heterocycles. The first-order chi connectivity index (χ1) is 13.0. The van der Waals surface area contributed by atoms with Crippen LogP contribution in [0.2, 0.25) is 0 Å². The maximum Gasteiger partial charge on any atom is 0.259 e. The van der Waals surface area contributed by atoms with Crippen molar-refractivity contribution in [2.45, 2.75) is 6.92 Å². The van der Waals surface area contributed by atoms with Crippen LogP contribution in [0.15, 0.2) is 53.9 Å². The summed E-state index contributed by atoms with van der Waals surface area (Å²) in [5, 5.41) is 5.56. The fourth-order valence-corrected chi connectivity index (χ4v) is 3.46. The highest BCUT2D eigenvalue weighted by atomic mass is 32.1. The molecule has 0 bridgehead atoms. The van der Waals surface area contributed by atoms with Gasteiger partial charge < -0.3 is 0 Å². The lowest BCUT2D eigenvalue weighted by atomic mass is 10.1. The maximum atomic E-state index is 13.4. The van der Waals surface area contributed by atoms with Gasteiger partial charge in [-0.1, -0.05) is 12.1 Å². The van der Waals surface area contributed by atoms with Gasteiger partial charge in [-0.25, -0.2) is 13.8 Å². The predicted octanol–water partition coefficient (Wildman–Crippen LogP) is 5.20. The quantitative estimate of drug-likeness (QED) is 0.531. The van der Waals surface area contributed by atoms with Crippen molar-refractivity contribution in [2.75, 3.05) is 5.32 Å². The minimum absolute atomic E-state index is 0.347. The van der Waals surface area contributed by atoms with E-state index >= 15 is 0 Å². The highest BCUT2D eigenvalue weighted by Crippen LogP contribution is 2.26. The molecule has 0 aliphatic carbocycles. The zero-order chi connectivity index (χ0) is 19.0. The molecule has 0 fully saturated rings. The van der Waals surface area contributed by atoms with Crippen LogP contribution in [-0.4, -0.2) is 15.9 Å². The molecular formula is C20H13F2N3OS. The van der Waals surface area contributed by atoms with Gasteiger partial charge in [0.05, 0.1) is 22.5 Å². The summed E-state index contributed by atoms with van der Waals surface area (Å²) in [4.78, 5) is 21.3. The molecule has 2 aromatic carbocycles. The van der Waals surface area contributed by atoms with E-state index in [1.54, 1.807) is 36.6 Å². The summed E-state index contributed by atoms with van der Waals surface area (Å²) in [7, 11) is 0. The van der Waals surface area contributed by atoms with Crippen molar-refractivity contribution >= 4 is 33.3 Å². The SMILES string of the molecule is Cc1nc2cc(F)ccc2cc1C(=O)Nc1nc(-c2cccc(F)c2)cs1.